The second-order valence-electron chi connectivity index (χ2n) is 4.91. The zero-order valence-electron chi connectivity index (χ0n) is 11.6. The van der Waals surface area contributed by atoms with Crippen LogP contribution in [0.4, 0.5) is 0 Å². The number of benzene rings is 1. The van der Waals surface area contributed by atoms with Crippen LogP contribution < -0.4 is 5.32 Å². The number of rotatable bonds is 5. The number of carbonyl (C=O) groups is 1. The predicted molar refractivity (Wildman–Crippen MR) is 82.8 cm³/mol. The molecular formula is C15H18ClN3O. The third-order valence-corrected chi connectivity index (χ3v) is 3.07. The molecule has 0 aliphatic carbocycles. The Morgan fingerprint density at radius 1 is 1.40 bits per heavy atom. The smallest absolute Gasteiger partial charge is 0.244 e. The summed E-state index contributed by atoms with van der Waals surface area (Å²) in [6.07, 6.45) is 3.39. The quantitative estimate of drug-likeness (QED) is 0.832. The molecule has 1 aromatic heterocycles. The number of amides is 1. The van der Waals surface area contributed by atoms with Gasteiger partial charge in [-0.2, -0.15) is 0 Å². The Hall–Kier alpha value is -1.78. The fourth-order valence-electron chi connectivity index (χ4n) is 1.87. The Kier molecular flexibility index (Phi) is 4.82. The molecule has 2 aromatic rings. The lowest BCUT2D eigenvalue weighted by Gasteiger charge is -2.04. The van der Waals surface area contributed by atoms with Crippen molar-refractivity contribution in [3.05, 3.63) is 47.1 Å². The van der Waals surface area contributed by atoms with E-state index in [4.69, 9.17) is 11.6 Å². The van der Waals surface area contributed by atoms with Gasteiger partial charge in [-0.15, -0.1) is 0 Å². The molecule has 0 saturated carbocycles. The predicted octanol–water partition coefficient (Wildman–Crippen LogP) is 2.56. The van der Waals surface area contributed by atoms with E-state index >= 15 is 0 Å². The van der Waals surface area contributed by atoms with Gasteiger partial charge in [0, 0.05) is 28.9 Å². The van der Waals surface area contributed by atoms with Gasteiger partial charge in [-0.1, -0.05) is 23.7 Å². The molecular weight excluding hydrogens is 274 g/mol. The third-order valence-electron chi connectivity index (χ3n) is 2.83. The average molecular weight is 292 g/mol. The number of fused-ring (bicyclic) bond motifs is 1. The van der Waals surface area contributed by atoms with E-state index in [1.165, 1.54) is 0 Å². The van der Waals surface area contributed by atoms with E-state index in [1.807, 2.05) is 49.3 Å². The Morgan fingerprint density at radius 3 is 2.95 bits per heavy atom. The molecule has 0 fully saturated rings. The maximum atomic E-state index is 11.6. The number of aromatic amines is 1. The lowest BCUT2D eigenvalue weighted by atomic mass is 10.2. The van der Waals surface area contributed by atoms with Crippen LogP contribution in [0.5, 0.6) is 0 Å². The minimum Gasteiger partial charge on any atom is -0.357 e. The number of nitrogens with zero attached hydrogens (tertiary/aromatic N) is 1. The van der Waals surface area contributed by atoms with Crippen LogP contribution >= 0.6 is 11.6 Å². The van der Waals surface area contributed by atoms with Crippen molar-refractivity contribution in [3.63, 3.8) is 0 Å². The van der Waals surface area contributed by atoms with Crippen molar-refractivity contribution in [2.75, 3.05) is 20.6 Å². The first-order chi connectivity index (χ1) is 9.54. The summed E-state index contributed by atoms with van der Waals surface area (Å²) in [6.45, 7) is 1.22. The SMILES string of the molecule is CN(C)C/C=C/C(=O)NCc1cc2ccc(Cl)cc2[nH]1. The molecule has 0 aliphatic rings. The maximum absolute atomic E-state index is 11.6. The van der Waals surface area contributed by atoms with Gasteiger partial charge in [-0.3, -0.25) is 4.79 Å². The van der Waals surface area contributed by atoms with Crippen molar-refractivity contribution in [2.24, 2.45) is 0 Å². The summed E-state index contributed by atoms with van der Waals surface area (Å²) < 4.78 is 0. The molecule has 2 N–H and O–H groups in total. The summed E-state index contributed by atoms with van der Waals surface area (Å²) in [4.78, 5) is 16.8. The summed E-state index contributed by atoms with van der Waals surface area (Å²) in [5, 5.41) is 4.62. The molecule has 106 valence electrons. The molecule has 0 radical (unpaired) electrons. The Morgan fingerprint density at radius 2 is 2.20 bits per heavy atom. The summed E-state index contributed by atoms with van der Waals surface area (Å²) in [6, 6.07) is 7.69. The maximum Gasteiger partial charge on any atom is 0.244 e. The fraction of sp³-hybridized carbons (Fsp3) is 0.267. The first-order valence-electron chi connectivity index (χ1n) is 6.41. The van der Waals surface area contributed by atoms with Crippen molar-refractivity contribution < 1.29 is 4.79 Å². The van der Waals surface area contributed by atoms with Gasteiger partial charge in [0.05, 0.1) is 6.54 Å². The molecule has 4 nitrogen and oxygen atoms in total. The number of carbonyl (C=O) groups excluding carboxylic acids is 1. The van der Waals surface area contributed by atoms with E-state index < -0.39 is 0 Å². The number of halogens is 1. The van der Waals surface area contributed by atoms with Crippen LogP contribution in [0.1, 0.15) is 5.69 Å². The molecule has 20 heavy (non-hydrogen) atoms. The first-order valence-corrected chi connectivity index (χ1v) is 6.78. The number of nitrogens with one attached hydrogen (secondary N) is 2. The van der Waals surface area contributed by atoms with E-state index in [0.717, 1.165) is 23.1 Å². The van der Waals surface area contributed by atoms with E-state index in [-0.39, 0.29) is 5.91 Å². The monoisotopic (exact) mass is 291 g/mol. The standard InChI is InChI=1S/C15H18ClN3O/c1-19(2)7-3-4-15(20)17-10-13-8-11-5-6-12(16)9-14(11)18-13/h3-6,8-9,18H,7,10H2,1-2H3,(H,17,20)/b4-3+. The number of likely N-dealkylation sites (N-methyl/N-ethyl adjacent to an activating group) is 1. The van der Waals surface area contributed by atoms with Gasteiger partial charge in [0.25, 0.3) is 0 Å². The van der Waals surface area contributed by atoms with Gasteiger partial charge in [0.15, 0.2) is 0 Å². The van der Waals surface area contributed by atoms with Crippen molar-refractivity contribution >= 4 is 28.4 Å². The third kappa shape index (κ3) is 4.11. The highest BCUT2D eigenvalue weighted by molar-refractivity contribution is 6.31. The zero-order chi connectivity index (χ0) is 14.5. The molecule has 0 bridgehead atoms. The molecule has 0 spiro atoms. The number of aromatic nitrogens is 1. The fourth-order valence-corrected chi connectivity index (χ4v) is 2.04. The summed E-state index contributed by atoms with van der Waals surface area (Å²) in [5.74, 6) is -0.0939. The van der Waals surface area contributed by atoms with Crippen molar-refractivity contribution in [3.8, 4) is 0 Å². The van der Waals surface area contributed by atoms with Gasteiger partial charge in [0.1, 0.15) is 0 Å². The van der Waals surface area contributed by atoms with Crippen LogP contribution in [0.15, 0.2) is 36.4 Å². The summed E-state index contributed by atoms with van der Waals surface area (Å²) >= 11 is 5.94. The Bertz CT molecular complexity index is 631. The van der Waals surface area contributed by atoms with E-state index in [0.29, 0.717) is 11.6 Å². The van der Waals surface area contributed by atoms with E-state index in [2.05, 4.69) is 10.3 Å². The highest BCUT2D eigenvalue weighted by atomic mass is 35.5. The van der Waals surface area contributed by atoms with Gasteiger partial charge in [-0.25, -0.2) is 0 Å². The molecule has 1 aromatic carbocycles. The highest BCUT2D eigenvalue weighted by Crippen LogP contribution is 2.19. The molecule has 2 rings (SSSR count). The van der Waals surface area contributed by atoms with Crippen LogP contribution in [-0.2, 0) is 11.3 Å². The Balaban J connectivity index is 1.92. The van der Waals surface area contributed by atoms with Gasteiger partial charge in [-0.05, 0) is 37.7 Å². The number of hydrogen-bond donors (Lipinski definition) is 2. The van der Waals surface area contributed by atoms with Gasteiger partial charge >= 0.3 is 0 Å². The van der Waals surface area contributed by atoms with Crippen LogP contribution in [-0.4, -0.2) is 36.4 Å². The van der Waals surface area contributed by atoms with Crippen LogP contribution in [0.25, 0.3) is 10.9 Å². The molecule has 0 saturated heterocycles. The normalized spacial score (nSPS) is 11.6. The lowest BCUT2D eigenvalue weighted by molar-refractivity contribution is -0.116. The van der Waals surface area contributed by atoms with Gasteiger partial charge in [0.2, 0.25) is 5.91 Å². The van der Waals surface area contributed by atoms with Crippen molar-refractivity contribution in [2.45, 2.75) is 6.54 Å². The summed E-state index contributed by atoms with van der Waals surface area (Å²) in [7, 11) is 3.91. The first kappa shape index (κ1) is 14.6. The minimum atomic E-state index is -0.0939. The van der Waals surface area contributed by atoms with Crippen molar-refractivity contribution in [1.29, 1.82) is 0 Å². The van der Waals surface area contributed by atoms with Crippen LogP contribution in [0, 0.1) is 0 Å². The molecule has 0 aliphatic heterocycles. The van der Waals surface area contributed by atoms with Crippen LogP contribution in [0.3, 0.4) is 0 Å². The number of hydrogen-bond acceptors (Lipinski definition) is 2. The Labute approximate surface area is 123 Å². The summed E-state index contributed by atoms with van der Waals surface area (Å²) in [5.41, 5.74) is 1.93. The van der Waals surface area contributed by atoms with Crippen molar-refractivity contribution in [1.82, 2.24) is 15.2 Å². The molecule has 0 unspecified atom stereocenters. The van der Waals surface area contributed by atoms with E-state index in [1.54, 1.807) is 6.08 Å². The average Bonchev–Trinajstić information content (AvgIpc) is 2.77. The zero-order valence-corrected chi connectivity index (χ0v) is 12.4. The minimum absolute atomic E-state index is 0.0939. The van der Waals surface area contributed by atoms with Gasteiger partial charge < -0.3 is 15.2 Å². The molecule has 0 atom stereocenters. The second-order valence-corrected chi connectivity index (χ2v) is 5.35. The van der Waals surface area contributed by atoms with E-state index in [9.17, 15) is 4.79 Å². The molecule has 5 heteroatoms. The second kappa shape index (κ2) is 6.59. The lowest BCUT2D eigenvalue weighted by Crippen LogP contribution is -2.21. The van der Waals surface area contributed by atoms with Crippen LogP contribution in [0.2, 0.25) is 5.02 Å². The largest absolute Gasteiger partial charge is 0.357 e. The molecule has 1 amide bonds. The topological polar surface area (TPSA) is 48.1 Å². The molecule has 1 heterocycles. The highest BCUT2D eigenvalue weighted by Gasteiger charge is 2.02. The number of H-pyrrole nitrogens is 1.